The first-order valence-corrected chi connectivity index (χ1v) is 10.9. The lowest BCUT2D eigenvalue weighted by Crippen LogP contribution is -2.04. The van der Waals surface area contributed by atoms with E-state index in [9.17, 15) is 19.2 Å². The second-order valence-electron chi connectivity index (χ2n) is 7.71. The molecule has 2 heterocycles. The topological polar surface area (TPSA) is 133 Å². The summed E-state index contributed by atoms with van der Waals surface area (Å²) in [7, 11) is 3.05. The van der Waals surface area contributed by atoms with Crippen molar-refractivity contribution in [3.63, 3.8) is 0 Å². The highest BCUT2D eigenvalue weighted by Crippen LogP contribution is 2.27. The molecule has 0 spiro atoms. The molecule has 0 bridgehead atoms. The van der Waals surface area contributed by atoms with E-state index in [1.807, 2.05) is 0 Å². The summed E-state index contributed by atoms with van der Waals surface area (Å²) in [6, 6.07) is 20.0. The van der Waals surface area contributed by atoms with Gasteiger partial charge in [-0.3, -0.25) is 4.79 Å². The summed E-state index contributed by atoms with van der Waals surface area (Å²) < 4.78 is 20.3. The number of hydrogen-bond donors (Lipinski definition) is 1. The van der Waals surface area contributed by atoms with Gasteiger partial charge in [0.1, 0.15) is 22.7 Å². The van der Waals surface area contributed by atoms with E-state index in [4.69, 9.17) is 23.4 Å². The van der Waals surface area contributed by atoms with Crippen LogP contribution >= 0.6 is 0 Å². The number of ketones is 1. The summed E-state index contributed by atoms with van der Waals surface area (Å²) in [5, 5.41) is 9.99. The molecule has 0 radical (unpaired) electrons. The molecule has 0 amide bonds. The lowest BCUT2D eigenvalue weighted by molar-refractivity contribution is 0.0697. The summed E-state index contributed by atoms with van der Waals surface area (Å²) in [6.45, 7) is 0. The van der Waals surface area contributed by atoms with Crippen molar-refractivity contribution >= 4 is 33.7 Å². The average Bonchev–Trinajstić information content (AvgIpc) is 2.91. The van der Waals surface area contributed by atoms with Crippen LogP contribution in [0, 0.1) is 0 Å². The highest BCUT2D eigenvalue weighted by Gasteiger charge is 2.16. The Morgan fingerprint density at radius 1 is 0.676 bits per heavy atom. The lowest BCUT2D eigenvalue weighted by atomic mass is 10.0. The fourth-order valence-corrected chi connectivity index (χ4v) is 3.56. The highest BCUT2D eigenvalue weighted by molar-refractivity contribution is 6.12. The van der Waals surface area contributed by atoms with Crippen LogP contribution in [-0.2, 0) is 0 Å². The zero-order chi connectivity index (χ0) is 26.5. The molecule has 0 fully saturated rings. The summed E-state index contributed by atoms with van der Waals surface area (Å²) in [4.78, 5) is 45.4. The van der Waals surface area contributed by atoms with Crippen LogP contribution in [0.1, 0.15) is 26.3 Å². The molecule has 0 saturated heterocycles. The molecule has 1 N–H and O–H groups in total. The number of hydrogen-bond acceptors (Lipinski definition) is 8. The van der Waals surface area contributed by atoms with Gasteiger partial charge < -0.3 is 23.4 Å². The summed E-state index contributed by atoms with van der Waals surface area (Å²) in [6.07, 6.45) is 0. The van der Waals surface area contributed by atoms with Gasteiger partial charge in [0, 0.05) is 34.5 Å². The van der Waals surface area contributed by atoms with Gasteiger partial charge in [-0.25, -0.2) is 14.4 Å². The Balaban J connectivity index is 0.000000195. The molecular weight excluding hydrogens is 480 g/mol. The van der Waals surface area contributed by atoms with E-state index in [-0.39, 0.29) is 11.3 Å². The van der Waals surface area contributed by atoms with Crippen molar-refractivity contribution in [2.75, 3.05) is 14.2 Å². The molecule has 0 aliphatic carbocycles. The molecule has 0 atom stereocenters. The smallest absolute Gasteiger partial charge is 0.336 e. The van der Waals surface area contributed by atoms with Crippen molar-refractivity contribution in [1.82, 2.24) is 0 Å². The lowest BCUT2D eigenvalue weighted by Gasteiger charge is -2.10. The molecule has 9 heteroatoms. The van der Waals surface area contributed by atoms with Crippen LogP contribution in [0.5, 0.6) is 11.5 Å². The molecule has 0 unspecified atom stereocenters. The minimum absolute atomic E-state index is 0.173. The van der Waals surface area contributed by atoms with Crippen molar-refractivity contribution in [3.8, 4) is 11.5 Å². The van der Waals surface area contributed by atoms with E-state index >= 15 is 0 Å². The maximum Gasteiger partial charge on any atom is 0.336 e. The quantitative estimate of drug-likeness (QED) is 0.273. The Kier molecular flexibility index (Phi) is 7.15. The largest absolute Gasteiger partial charge is 0.497 e. The second-order valence-corrected chi connectivity index (χ2v) is 7.71. The third kappa shape index (κ3) is 5.57. The van der Waals surface area contributed by atoms with Crippen molar-refractivity contribution in [1.29, 1.82) is 0 Å². The van der Waals surface area contributed by atoms with E-state index in [1.54, 1.807) is 49.6 Å². The number of carbonyl (C=O) groups excluding carboxylic acids is 1. The number of carboxylic acid groups (broad SMARTS) is 1. The number of benzene rings is 3. The SMILES string of the molecule is COc1ccc(C(=O)c2ccc3oc(=O)ccc3c2)c(OC)c1.O=C(O)c1ccc2oc(=O)ccc2c1. The van der Waals surface area contributed by atoms with Crippen LogP contribution in [0.3, 0.4) is 0 Å². The number of fused-ring (bicyclic) bond motifs is 2. The minimum atomic E-state index is -1.00. The van der Waals surface area contributed by atoms with Crippen molar-refractivity contribution in [2.24, 2.45) is 0 Å². The molecule has 5 aromatic rings. The monoisotopic (exact) mass is 500 g/mol. The van der Waals surface area contributed by atoms with Gasteiger partial charge in [0.2, 0.25) is 0 Å². The minimum Gasteiger partial charge on any atom is -0.497 e. The molecule has 37 heavy (non-hydrogen) atoms. The highest BCUT2D eigenvalue weighted by atomic mass is 16.5. The predicted octanol–water partition coefficient (Wildman–Crippen LogP) is 4.53. The Bertz CT molecular complexity index is 1740. The van der Waals surface area contributed by atoms with E-state index in [0.717, 1.165) is 0 Å². The normalized spacial score (nSPS) is 10.4. The second kappa shape index (κ2) is 10.6. The van der Waals surface area contributed by atoms with Gasteiger partial charge in [-0.2, -0.15) is 0 Å². The van der Waals surface area contributed by atoms with Crippen molar-refractivity contribution < 1.29 is 33.0 Å². The van der Waals surface area contributed by atoms with Gasteiger partial charge in [-0.15, -0.1) is 0 Å². The number of rotatable bonds is 5. The fourth-order valence-electron chi connectivity index (χ4n) is 3.56. The first-order valence-electron chi connectivity index (χ1n) is 10.9. The van der Waals surface area contributed by atoms with E-state index in [2.05, 4.69) is 0 Å². The van der Waals surface area contributed by atoms with Crippen LogP contribution in [0.15, 0.2) is 97.3 Å². The zero-order valence-electron chi connectivity index (χ0n) is 19.7. The summed E-state index contributed by atoms with van der Waals surface area (Å²) >= 11 is 0. The molecule has 0 aliphatic heterocycles. The number of ether oxygens (including phenoxy) is 2. The Morgan fingerprint density at radius 2 is 1.24 bits per heavy atom. The van der Waals surface area contributed by atoms with Crippen LogP contribution < -0.4 is 20.7 Å². The number of carboxylic acids is 1. The Hall–Kier alpha value is -5.18. The number of carbonyl (C=O) groups is 2. The number of methoxy groups -OCH3 is 2. The molecule has 0 saturated carbocycles. The molecule has 9 nitrogen and oxygen atoms in total. The summed E-state index contributed by atoms with van der Waals surface area (Å²) in [5.41, 5.74) is 1.05. The maximum absolute atomic E-state index is 12.7. The maximum atomic E-state index is 12.7. The molecule has 3 aromatic carbocycles. The van der Waals surface area contributed by atoms with Gasteiger partial charge in [-0.05, 0) is 60.7 Å². The molecule has 0 aliphatic rings. The molecule has 186 valence electrons. The fraction of sp³-hybridized carbons (Fsp3) is 0.0714. The zero-order valence-corrected chi connectivity index (χ0v) is 19.7. The summed E-state index contributed by atoms with van der Waals surface area (Å²) in [5.74, 6) is -0.136. The van der Waals surface area contributed by atoms with Gasteiger partial charge in [-0.1, -0.05) is 0 Å². The van der Waals surface area contributed by atoms with Crippen molar-refractivity contribution in [2.45, 2.75) is 0 Å². The standard InChI is InChI=1S/C18H14O5.C10H6O4/c1-21-13-5-6-14(16(10-13)22-2)18(20)12-3-7-15-11(9-12)4-8-17(19)23-15;11-9-4-2-6-5-7(10(12)13)1-3-8(6)14-9/h3-10H,1-2H3;1-5H,(H,12,13). The third-order valence-electron chi connectivity index (χ3n) is 5.40. The number of aromatic carboxylic acids is 1. The first kappa shape index (κ1) is 24.9. The Labute approximate surface area is 209 Å². The van der Waals surface area contributed by atoms with Gasteiger partial charge >= 0.3 is 17.2 Å². The van der Waals surface area contributed by atoms with Gasteiger partial charge in [0.05, 0.1) is 25.3 Å². The molecular formula is C28H20O9. The predicted molar refractivity (Wildman–Crippen MR) is 135 cm³/mol. The molecule has 2 aromatic heterocycles. The van der Waals surface area contributed by atoms with Crippen LogP contribution in [0.2, 0.25) is 0 Å². The molecule has 5 rings (SSSR count). The van der Waals surface area contributed by atoms with Crippen LogP contribution in [0.4, 0.5) is 0 Å². The van der Waals surface area contributed by atoms with Crippen molar-refractivity contribution in [3.05, 3.63) is 116 Å². The van der Waals surface area contributed by atoms with Gasteiger partial charge in [0.25, 0.3) is 0 Å². The first-order chi connectivity index (χ1) is 17.8. The van der Waals surface area contributed by atoms with Crippen LogP contribution in [-0.4, -0.2) is 31.1 Å². The van der Waals surface area contributed by atoms with Crippen LogP contribution in [0.25, 0.3) is 21.9 Å². The van der Waals surface area contributed by atoms with Gasteiger partial charge in [0.15, 0.2) is 5.78 Å². The third-order valence-corrected chi connectivity index (χ3v) is 5.40. The van der Waals surface area contributed by atoms with E-state index in [1.165, 1.54) is 43.5 Å². The van der Waals surface area contributed by atoms with E-state index in [0.29, 0.717) is 44.6 Å². The average molecular weight is 500 g/mol. The van der Waals surface area contributed by atoms with E-state index < -0.39 is 17.2 Å². The Morgan fingerprint density at radius 3 is 1.78 bits per heavy atom.